The molecular weight excluding hydrogens is 328 g/mol. The highest BCUT2D eigenvalue weighted by Gasteiger charge is 2.43. The molecule has 2 aromatic rings. The van der Waals surface area contributed by atoms with Crippen LogP contribution in [0.1, 0.15) is 17.5 Å². The van der Waals surface area contributed by atoms with Crippen LogP contribution in [0.2, 0.25) is 0 Å². The molecule has 4 heteroatoms. The SMILES string of the molecule is C=CC[C@H]1[C@H](CS)N(Cc2ccccc2)C(=O)N1Cc1ccccc1. The molecule has 3 nitrogen and oxygen atoms in total. The molecule has 3 rings (SSSR count). The first-order valence-corrected chi connectivity index (χ1v) is 9.24. The van der Waals surface area contributed by atoms with Crippen molar-refractivity contribution < 1.29 is 4.79 Å². The normalized spacial score (nSPS) is 20.1. The van der Waals surface area contributed by atoms with Gasteiger partial charge in [-0.05, 0) is 17.5 Å². The lowest BCUT2D eigenvalue weighted by molar-refractivity contribution is 0.181. The second-order valence-corrected chi connectivity index (χ2v) is 6.72. The summed E-state index contributed by atoms with van der Waals surface area (Å²) in [6.07, 6.45) is 2.67. The van der Waals surface area contributed by atoms with E-state index in [9.17, 15) is 4.79 Å². The van der Waals surface area contributed by atoms with Gasteiger partial charge >= 0.3 is 6.03 Å². The van der Waals surface area contributed by atoms with Crippen LogP contribution >= 0.6 is 12.6 Å². The molecule has 0 unspecified atom stereocenters. The zero-order valence-electron chi connectivity index (χ0n) is 14.3. The molecule has 1 saturated heterocycles. The van der Waals surface area contributed by atoms with Gasteiger partial charge in [0.1, 0.15) is 0 Å². The van der Waals surface area contributed by atoms with Crippen molar-refractivity contribution >= 4 is 18.7 Å². The van der Waals surface area contributed by atoms with Gasteiger partial charge in [-0.3, -0.25) is 0 Å². The topological polar surface area (TPSA) is 23.6 Å². The quantitative estimate of drug-likeness (QED) is 0.581. The average Bonchev–Trinajstić information content (AvgIpc) is 2.89. The smallest absolute Gasteiger partial charge is 0.315 e. The maximum atomic E-state index is 13.2. The van der Waals surface area contributed by atoms with Crippen molar-refractivity contribution in [1.29, 1.82) is 0 Å². The number of nitrogens with zero attached hydrogens (tertiary/aromatic N) is 2. The predicted octanol–water partition coefficient (Wildman–Crippen LogP) is 4.37. The molecule has 0 radical (unpaired) electrons. The fourth-order valence-corrected chi connectivity index (χ4v) is 3.91. The van der Waals surface area contributed by atoms with E-state index < -0.39 is 0 Å². The zero-order valence-corrected chi connectivity index (χ0v) is 15.2. The van der Waals surface area contributed by atoms with Gasteiger partial charge in [0.15, 0.2) is 0 Å². The number of carbonyl (C=O) groups excluding carboxylic acids is 1. The van der Waals surface area contributed by atoms with E-state index in [1.54, 1.807) is 0 Å². The van der Waals surface area contributed by atoms with Crippen molar-refractivity contribution in [2.24, 2.45) is 0 Å². The van der Waals surface area contributed by atoms with Crippen LogP contribution in [0.4, 0.5) is 4.79 Å². The molecule has 0 aliphatic carbocycles. The molecular formula is C21H24N2OS. The first kappa shape index (κ1) is 17.6. The van der Waals surface area contributed by atoms with Gasteiger partial charge in [0.2, 0.25) is 0 Å². The van der Waals surface area contributed by atoms with Gasteiger partial charge < -0.3 is 9.80 Å². The Morgan fingerprint density at radius 3 is 1.80 bits per heavy atom. The summed E-state index contributed by atoms with van der Waals surface area (Å²) in [6, 6.07) is 20.5. The molecule has 25 heavy (non-hydrogen) atoms. The number of rotatable bonds is 7. The third-order valence-electron chi connectivity index (χ3n) is 4.72. The predicted molar refractivity (Wildman–Crippen MR) is 106 cm³/mol. The molecule has 0 aromatic heterocycles. The van der Waals surface area contributed by atoms with Gasteiger partial charge in [-0.2, -0.15) is 12.6 Å². The Morgan fingerprint density at radius 2 is 1.36 bits per heavy atom. The first-order valence-electron chi connectivity index (χ1n) is 8.61. The Bertz CT molecular complexity index is 704. The molecule has 2 atom stereocenters. The summed E-state index contributed by atoms with van der Waals surface area (Å²) in [5, 5.41) is 0. The Hall–Kier alpha value is -2.20. The second-order valence-electron chi connectivity index (χ2n) is 6.35. The summed E-state index contributed by atoms with van der Waals surface area (Å²) in [5.41, 5.74) is 2.28. The summed E-state index contributed by atoms with van der Waals surface area (Å²) in [5.74, 6) is 0.641. The highest BCUT2D eigenvalue weighted by Crippen LogP contribution is 2.30. The minimum absolute atomic E-state index is 0.0813. The van der Waals surface area contributed by atoms with Crippen LogP contribution in [0.15, 0.2) is 73.3 Å². The van der Waals surface area contributed by atoms with E-state index in [0.29, 0.717) is 18.8 Å². The van der Waals surface area contributed by atoms with Gasteiger partial charge in [0.05, 0.1) is 12.1 Å². The van der Waals surface area contributed by atoms with E-state index in [-0.39, 0.29) is 18.1 Å². The largest absolute Gasteiger partial charge is 0.321 e. The Morgan fingerprint density at radius 1 is 0.880 bits per heavy atom. The van der Waals surface area contributed by atoms with Crippen molar-refractivity contribution in [2.45, 2.75) is 31.6 Å². The molecule has 1 heterocycles. The van der Waals surface area contributed by atoms with Gasteiger partial charge in [0, 0.05) is 18.8 Å². The van der Waals surface area contributed by atoms with Crippen molar-refractivity contribution in [2.75, 3.05) is 5.75 Å². The van der Waals surface area contributed by atoms with Gasteiger partial charge in [-0.15, -0.1) is 6.58 Å². The number of hydrogen-bond donors (Lipinski definition) is 1. The lowest BCUT2D eigenvalue weighted by atomic mass is 10.0. The summed E-state index contributed by atoms with van der Waals surface area (Å²) in [4.78, 5) is 17.1. The molecule has 1 aliphatic rings. The van der Waals surface area contributed by atoms with Crippen LogP contribution in [0.25, 0.3) is 0 Å². The molecule has 1 fully saturated rings. The van der Waals surface area contributed by atoms with E-state index >= 15 is 0 Å². The number of amides is 2. The van der Waals surface area contributed by atoms with Crippen molar-refractivity contribution in [3.8, 4) is 0 Å². The van der Waals surface area contributed by atoms with E-state index in [1.165, 1.54) is 0 Å². The monoisotopic (exact) mass is 352 g/mol. The van der Waals surface area contributed by atoms with Crippen LogP contribution in [0.3, 0.4) is 0 Å². The molecule has 0 bridgehead atoms. The Kier molecular flexibility index (Phi) is 5.82. The van der Waals surface area contributed by atoms with Crippen LogP contribution in [-0.4, -0.2) is 33.7 Å². The fraction of sp³-hybridized carbons (Fsp3) is 0.286. The number of hydrogen-bond acceptors (Lipinski definition) is 2. The lowest BCUT2D eigenvalue weighted by Crippen LogP contribution is -2.38. The number of carbonyl (C=O) groups is 1. The van der Waals surface area contributed by atoms with Crippen molar-refractivity contribution in [1.82, 2.24) is 9.80 Å². The molecule has 0 saturated carbocycles. The molecule has 130 valence electrons. The van der Waals surface area contributed by atoms with E-state index in [4.69, 9.17) is 0 Å². The van der Waals surface area contributed by atoms with Crippen LogP contribution in [-0.2, 0) is 13.1 Å². The van der Waals surface area contributed by atoms with Gasteiger partial charge in [-0.25, -0.2) is 4.79 Å². The molecule has 0 N–H and O–H groups in total. The van der Waals surface area contributed by atoms with Crippen molar-refractivity contribution in [3.63, 3.8) is 0 Å². The van der Waals surface area contributed by atoms with E-state index in [1.807, 2.05) is 52.3 Å². The number of benzene rings is 2. The Labute approximate surface area is 155 Å². The van der Waals surface area contributed by atoms with Crippen LogP contribution in [0.5, 0.6) is 0 Å². The lowest BCUT2D eigenvalue weighted by Gasteiger charge is -2.26. The zero-order chi connectivity index (χ0) is 17.6. The van der Waals surface area contributed by atoms with E-state index in [2.05, 4.69) is 43.5 Å². The number of urea groups is 1. The number of thiol groups is 1. The third kappa shape index (κ3) is 3.90. The first-order chi connectivity index (χ1) is 12.2. The fourth-order valence-electron chi connectivity index (χ4n) is 3.47. The molecule has 0 spiro atoms. The highest BCUT2D eigenvalue weighted by molar-refractivity contribution is 7.80. The minimum Gasteiger partial charge on any atom is -0.315 e. The van der Waals surface area contributed by atoms with Crippen LogP contribution in [0, 0.1) is 0 Å². The van der Waals surface area contributed by atoms with E-state index in [0.717, 1.165) is 17.5 Å². The average molecular weight is 353 g/mol. The minimum atomic E-state index is 0.0813. The van der Waals surface area contributed by atoms with Gasteiger partial charge in [-0.1, -0.05) is 66.7 Å². The highest BCUT2D eigenvalue weighted by atomic mass is 32.1. The van der Waals surface area contributed by atoms with Gasteiger partial charge in [0.25, 0.3) is 0 Å². The summed E-state index contributed by atoms with van der Waals surface area (Å²) in [7, 11) is 0. The summed E-state index contributed by atoms with van der Waals surface area (Å²) < 4.78 is 0. The standard InChI is InChI=1S/C21H24N2OS/c1-2-9-19-20(16-25)23(15-18-12-7-4-8-13-18)21(24)22(19)14-17-10-5-3-6-11-17/h2-8,10-13,19-20,25H,1,9,14-16H2/t19-,20-/m0/s1. The summed E-state index contributed by atoms with van der Waals surface area (Å²) in [6.45, 7) is 5.12. The molecule has 1 aliphatic heterocycles. The molecule has 2 aromatic carbocycles. The second kappa shape index (κ2) is 8.26. The Balaban J connectivity index is 1.85. The van der Waals surface area contributed by atoms with Crippen LogP contribution < -0.4 is 0 Å². The maximum absolute atomic E-state index is 13.2. The van der Waals surface area contributed by atoms with Crippen molar-refractivity contribution in [3.05, 3.63) is 84.4 Å². The summed E-state index contributed by atoms with van der Waals surface area (Å²) >= 11 is 4.55. The maximum Gasteiger partial charge on any atom is 0.321 e. The third-order valence-corrected chi connectivity index (χ3v) is 5.10. The molecule has 2 amide bonds.